The van der Waals surface area contributed by atoms with E-state index < -0.39 is 0 Å². The minimum atomic E-state index is -0.189. The number of nitrogens with zero attached hydrogens (tertiary/aromatic N) is 2. The van der Waals surface area contributed by atoms with Gasteiger partial charge in [0, 0.05) is 49.5 Å². The molecule has 7 heteroatoms. The largest absolute Gasteiger partial charge is 0.384 e. The van der Waals surface area contributed by atoms with E-state index in [0.29, 0.717) is 25.0 Å². The standard InChI is InChI=1S/C26H37N5O2/c1-27-17-21(18-28-22-5-3-2-4-6-22)26(32)30-23-9-12-25(29-19-23)20-7-10-24(11-8-20)31-13-15-33-16-14-31/h2-6,9,12,19-21,24,27-28H,7-8,10-11,13-18H2,1H3,(H,30,32). The summed E-state index contributed by atoms with van der Waals surface area (Å²) in [6.45, 7) is 5.03. The number of hydrogen-bond acceptors (Lipinski definition) is 6. The van der Waals surface area contributed by atoms with Crippen LogP contribution in [-0.2, 0) is 9.53 Å². The van der Waals surface area contributed by atoms with Crippen LogP contribution in [0.25, 0.3) is 0 Å². The minimum Gasteiger partial charge on any atom is -0.384 e. The maximum atomic E-state index is 12.9. The van der Waals surface area contributed by atoms with Gasteiger partial charge in [-0.2, -0.15) is 0 Å². The molecule has 1 aromatic heterocycles. The summed E-state index contributed by atoms with van der Waals surface area (Å²) in [6.07, 6.45) is 6.62. The Morgan fingerprint density at radius 1 is 1.03 bits per heavy atom. The zero-order chi connectivity index (χ0) is 22.9. The van der Waals surface area contributed by atoms with Crippen molar-refractivity contribution in [3.63, 3.8) is 0 Å². The average molecular weight is 452 g/mol. The zero-order valence-corrected chi connectivity index (χ0v) is 19.6. The molecular weight excluding hydrogens is 414 g/mol. The molecule has 3 N–H and O–H groups in total. The molecule has 1 aliphatic carbocycles. The van der Waals surface area contributed by atoms with Gasteiger partial charge in [-0.25, -0.2) is 0 Å². The van der Waals surface area contributed by atoms with Crippen LogP contribution in [0, 0.1) is 5.92 Å². The fourth-order valence-corrected chi connectivity index (χ4v) is 4.95. The van der Waals surface area contributed by atoms with Crippen molar-refractivity contribution >= 4 is 17.3 Å². The maximum absolute atomic E-state index is 12.9. The quantitative estimate of drug-likeness (QED) is 0.543. The molecule has 1 aliphatic heterocycles. The molecule has 1 saturated heterocycles. The molecule has 7 nitrogen and oxygen atoms in total. The Morgan fingerprint density at radius 2 is 1.79 bits per heavy atom. The molecule has 1 aromatic carbocycles. The summed E-state index contributed by atoms with van der Waals surface area (Å²) in [5.41, 5.74) is 2.92. The van der Waals surface area contributed by atoms with E-state index in [9.17, 15) is 4.79 Å². The van der Waals surface area contributed by atoms with E-state index >= 15 is 0 Å². The van der Waals surface area contributed by atoms with E-state index in [4.69, 9.17) is 9.72 Å². The van der Waals surface area contributed by atoms with Crippen LogP contribution in [0.2, 0.25) is 0 Å². The van der Waals surface area contributed by atoms with Gasteiger partial charge in [0.05, 0.1) is 31.0 Å². The highest BCUT2D eigenvalue weighted by Crippen LogP contribution is 2.34. The van der Waals surface area contributed by atoms with Crippen molar-refractivity contribution in [1.29, 1.82) is 0 Å². The number of morpholine rings is 1. The van der Waals surface area contributed by atoms with Crippen LogP contribution >= 0.6 is 0 Å². The third-order valence-electron chi connectivity index (χ3n) is 6.88. The van der Waals surface area contributed by atoms with Gasteiger partial charge in [-0.1, -0.05) is 18.2 Å². The number of nitrogens with one attached hydrogen (secondary N) is 3. The highest BCUT2D eigenvalue weighted by Gasteiger charge is 2.28. The van der Waals surface area contributed by atoms with Crippen molar-refractivity contribution in [2.45, 2.75) is 37.6 Å². The molecule has 2 heterocycles. The first kappa shape index (κ1) is 23.7. The number of para-hydroxylation sites is 1. The number of aromatic nitrogens is 1. The van der Waals surface area contributed by atoms with E-state index in [-0.39, 0.29) is 11.8 Å². The third kappa shape index (κ3) is 6.76. The topological polar surface area (TPSA) is 78.5 Å². The van der Waals surface area contributed by atoms with Gasteiger partial charge in [0.25, 0.3) is 0 Å². The Balaban J connectivity index is 1.27. The van der Waals surface area contributed by atoms with Gasteiger partial charge in [-0.05, 0) is 57.0 Å². The number of carbonyl (C=O) groups excluding carboxylic acids is 1. The lowest BCUT2D eigenvalue weighted by Gasteiger charge is -2.38. The van der Waals surface area contributed by atoms with Crippen molar-refractivity contribution in [3.8, 4) is 0 Å². The third-order valence-corrected chi connectivity index (χ3v) is 6.88. The molecule has 1 atom stereocenters. The van der Waals surface area contributed by atoms with Crippen LogP contribution in [0.3, 0.4) is 0 Å². The summed E-state index contributed by atoms with van der Waals surface area (Å²) in [6, 6.07) is 14.7. The normalized spacial score (nSPS) is 22.5. The van der Waals surface area contributed by atoms with Gasteiger partial charge in [0.2, 0.25) is 5.91 Å². The Labute approximate surface area is 197 Å². The molecule has 2 fully saturated rings. The van der Waals surface area contributed by atoms with Crippen molar-refractivity contribution < 1.29 is 9.53 Å². The van der Waals surface area contributed by atoms with Crippen LogP contribution in [0.1, 0.15) is 37.3 Å². The van der Waals surface area contributed by atoms with E-state index in [1.54, 1.807) is 0 Å². The molecule has 0 bridgehead atoms. The molecule has 4 rings (SSSR count). The van der Waals surface area contributed by atoms with Crippen LogP contribution in [0.5, 0.6) is 0 Å². The number of ether oxygens (including phenoxy) is 1. The summed E-state index contributed by atoms with van der Waals surface area (Å²) in [5.74, 6) is 0.317. The fourth-order valence-electron chi connectivity index (χ4n) is 4.95. The average Bonchev–Trinajstić information content (AvgIpc) is 2.88. The first-order valence-electron chi connectivity index (χ1n) is 12.2. The van der Waals surface area contributed by atoms with Crippen molar-refractivity contribution in [3.05, 3.63) is 54.4 Å². The molecule has 1 amide bonds. The van der Waals surface area contributed by atoms with E-state index in [1.807, 2.05) is 49.6 Å². The molecule has 0 spiro atoms. The molecule has 0 radical (unpaired) electrons. The lowest BCUT2D eigenvalue weighted by Crippen LogP contribution is -2.44. The molecule has 1 unspecified atom stereocenters. The Hall–Kier alpha value is -2.48. The number of benzene rings is 1. The van der Waals surface area contributed by atoms with Gasteiger partial charge >= 0.3 is 0 Å². The molecule has 2 aromatic rings. The monoisotopic (exact) mass is 451 g/mol. The highest BCUT2D eigenvalue weighted by molar-refractivity contribution is 5.92. The highest BCUT2D eigenvalue weighted by atomic mass is 16.5. The van der Waals surface area contributed by atoms with Gasteiger partial charge in [0.15, 0.2) is 0 Å². The summed E-state index contributed by atoms with van der Waals surface area (Å²) in [7, 11) is 1.87. The van der Waals surface area contributed by atoms with Gasteiger partial charge < -0.3 is 20.7 Å². The lowest BCUT2D eigenvalue weighted by atomic mass is 9.83. The second kappa shape index (κ2) is 12.1. The van der Waals surface area contributed by atoms with E-state index in [0.717, 1.165) is 43.4 Å². The molecule has 1 saturated carbocycles. The molecule has 178 valence electrons. The molecule has 2 aliphatic rings. The van der Waals surface area contributed by atoms with Gasteiger partial charge in [-0.3, -0.25) is 14.7 Å². The Morgan fingerprint density at radius 3 is 2.45 bits per heavy atom. The Bertz CT molecular complexity index is 847. The summed E-state index contributed by atoms with van der Waals surface area (Å²) < 4.78 is 5.49. The molecule has 33 heavy (non-hydrogen) atoms. The number of pyridine rings is 1. The Kier molecular flexibility index (Phi) is 8.69. The first-order valence-corrected chi connectivity index (χ1v) is 12.2. The van der Waals surface area contributed by atoms with Crippen LogP contribution in [0.15, 0.2) is 48.7 Å². The predicted octanol–water partition coefficient (Wildman–Crippen LogP) is 3.33. The summed E-state index contributed by atoms with van der Waals surface area (Å²) >= 11 is 0. The zero-order valence-electron chi connectivity index (χ0n) is 19.6. The van der Waals surface area contributed by atoms with Gasteiger partial charge in [0.1, 0.15) is 0 Å². The summed E-state index contributed by atoms with van der Waals surface area (Å²) in [4.78, 5) is 20.2. The van der Waals surface area contributed by atoms with Crippen LogP contribution in [0.4, 0.5) is 11.4 Å². The number of amides is 1. The maximum Gasteiger partial charge on any atom is 0.230 e. The smallest absolute Gasteiger partial charge is 0.230 e. The number of rotatable bonds is 9. The van der Waals surface area contributed by atoms with Crippen molar-refractivity contribution in [2.75, 3.05) is 57.1 Å². The van der Waals surface area contributed by atoms with Gasteiger partial charge in [-0.15, -0.1) is 0 Å². The SMILES string of the molecule is CNCC(CNc1ccccc1)C(=O)Nc1ccc(C2CCC(N3CCOCC3)CC2)nc1. The number of hydrogen-bond donors (Lipinski definition) is 3. The van der Waals surface area contributed by atoms with Crippen LogP contribution in [-0.4, -0.2) is 68.3 Å². The lowest BCUT2D eigenvalue weighted by molar-refractivity contribution is -0.119. The van der Waals surface area contributed by atoms with Crippen LogP contribution < -0.4 is 16.0 Å². The van der Waals surface area contributed by atoms with E-state index in [2.05, 4.69) is 26.9 Å². The van der Waals surface area contributed by atoms with Crippen molar-refractivity contribution in [1.82, 2.24) is 15.2 Å². The fraction of sp³-hybridized carbons (Fsp3) is 0.538. The van der Waals surface area contributed by atoms with Crippen molar-refractivity contribution in [2.24, 2.45) is 5.92 Å². The minimum absolute atomic E-state index is 0.00616. The summed E-state index contributed by atoms with van der Waals surface area (Å²) in [5, 5.41) is 9.52. The molecular formula is C26H37N5O2. The second-order valence-corrected chi connectivity index (χ2v) is 9.12. The first-order chi connectivity index (χ1) is 16.2. The second-order valence-electron chi connectivity index (χ2n) is 9.12. The number of carbonyl (C=O) groups is 1. The number of anilines is 2. The van der Waals surface area contributed by atoms with E-state index in [1.165, 1.54) is 25.7 Å². The predicted molar refractivity (Wildman–Crippen MR) is 133 cm³/mol.